The zero-order valence-electron chi connectivity index (χ0n) is 27.7. The molecule has 3 atom stereocenters. The van der Waals surface area contributed by atoms with Crippen molar-refractivity contribution in [3.05, 3.63) is 59.2 Å². The minimum atomic E-state index is -0.737. The molecule has 3 aliphatic heterocycles. The normalized spacial score (nSPS) is 21.8. The Morgan fingerprint density at radius 3 is 2.50 bits per heavy atom. The number of carbonyl (C=O) groups excluding carboxylic acids is 2. The van der Waals surface area contributed by atoms with Crippen LogP contribution < -0.4 is 15.1 Å². The Labute approximate surface area is 278 Å². The van der Waals surface area contributed by atoms with Crippen LogP contribution in [0.25, 0.3) is 0 Å². The zero-order chi connectivity index (χ0) is 34.0. The number of amides is 2. The molecule has 3 unspecified atom stereocenters. The summed E-state index contributed by atoms with van der Waals surface area (Å²) in [5.74, 6) is -1.05. The highest BCUT2D eigenvalue weighted by Gasteiger charge is 2.39. The largest absolute Gasteiger partial charge is 0.444 e. The maximum Gasteiger partial charge on any atom is 0.407 e. The molecule has 0 spiro atoms. The number of nitrogens with one attached hydrogen (secondary N) is 1. The van der Waals surface area contributed by atoms with Crippen LogP contribution in [0.1, 0.15) is 87.1 Å². The minimum Gasteiger partial charge on any atom is -0.444 e. The molecule has 3 aromatic rings. The Hall–Kier alpha value is -4.40. The Kier molecular flexibility index (Phi) is 9.76. The van der Waals surface area contributed by atoms with E-state index >= 15 is 0 Å². The number of nitrogens with zero attached hydrogens (tertiary/aromatic N) is 7. The molecule has 5 heterocycles. The van der Waals surface area contributed by atoms with E-state index in [1.165, 1.54) is 12.4 Å². The minimum absolute atomic E-state index is 0.0131. The van der Waals surface area contributed by atoms with E-state index in [1.54, 1.807) is 25.7 Å². The summed E-state index contributed by atoms with van der Waals surface area (Å²) in [7, 11) is 0. The number of halogens is 2. The lowest BCUT2D eigenvalue weighted by molar-refractivity contribution is 0.0504. The molecule has 13 nitrogen and oxygen atoms in total. The standard InChI is InChI=1S/C33H42F2N8O5/c1-5-43(22-10-12-41(13-11-22)31-39-28(40-48-31)27-7-6-14-46-27)29(44)20-16-36-30(37-17-20)42-18-24(23-15-21(34)8-9-25(23)35)26(19-42)38-32(45)47-33(2,3)4/h8-9,15-17,22,24,26-27H,5-7,10-14,18-19H2,1-4H3,(H,38,45). The summed E-state index contributed by atoms with van der Waals surface area (Å²) in [5.41, 5.74) is -0.256. The van der Waals surface area contributed by atoms with Gasteiger partial charge in [-0.15, -0.1) is 0 Å². The summed E-state index contributed by atoms with van der Waals surface area (Å²) in [6, 6.07) is 3.15. The third-order valence-corrected chi connectivity index (χ3v) is 8.97. The molecule has 48 heavy (non-hydrogen) atoms. The molecular weight excluding hydrogens is 626 g/mol. The van der Waals surface area contributed by atoms with Crippen LogP contribution >= 0.6 is 0 Å². The van der Waals surface area contributed by atoms with Crippen LogP contribution in [-0.4, -0.2) is 94.0 Å². The van der Waals surface area contributed by atoms with E-state index in [2.05, 4.69) is 25.4 Å². The third-order valence-electron chi connectivity index (χ3n) is 8.97. The van der Waals surface area contributed by atoms with Crippen LogP contribution in [0.4, 0.5) is 25.5 Å². The van der Waals surface area contributed by atoms with Gasteiger partial charge in [0.25, 0.3) is 5.91 Å². The Balaban J connectivity index is 1.10. The van der Waals surface area contributed by atoms with Gasteiger partial charge in [0.2, 0.25) is 11.8 Å². The zero-order valence-corrected chi connectivity index (χ0v) is 27.7. The molecule has 2 aromatic heterocycles. The highest BCUT2D eigenvalue weighted by molar-refractivity contribution is 5.94. The number of hydrogen-bond acceptors (Lipinski definition) is 11. The first-order chi connectivity index (χ1) is 23.0. The first kappa shape index (κ1) is 33.5. The van der Waals surface area contributed by atoms with Gasteiger partial charge in [-0.05, 0) is 77.1 Å². The first-order valence-electron chi connectivity index (χ1n) is 16.5. The van der Waals surface area contributed by atoms with Crippen LogP contribution in [-0.2, 0) is 9.47 Å². The molecular formula is C33H42F2N8O5. The van der Waals surface area contributed by atoms with Crippen LogP contribution in [0, 0.1) is 11.6 Å². The predicted octanol–water partition coefficient (Wildman–Crippen LogP) is 4.62. The average molecular weight is 669 g/mol. The molecule has 0 radical (unpaired) electrons. The van der Waals surface area contributed by atoms with Gasteiger partial charge in [-0.1, -0.05) is 5.16 Å². The van der Waals surface area contributed by atoms with Crippen LogP contribution in [0.15, 0.2) is 35.1 Å². The number of piperidine rings is 1. The van der Waals surface area contributed by atoms with Gasteiger partial charge in [0.15, 0.2) is 0 Å². The smallest absolute Gasteiger partial charge is 0.407 e. The monoisotopic (exact) mass is 668 g/mol. The number of carbonyl (C=O) groups is 2. The summed E-state index contributed by atoms with van der Waals surface area (Å²) in [5, 5.41) is 6.93. The van der Waals surface area contributed by atoms with Crippen LogP contribution in [0.5, 0.6) is 0 Å². The van der Waals surface area contributed by atoms with E-state index in [0.717, 1.165) is 43.9 Å². The van der Waals surface area contributed by atoms with E-state index in [1.807, 2.05) is 16.7 Å². The van der Waals surface area contributed by atoms with Gasteiger partial charge in [0.05, 0.1) is 11.6 Å². The molecule has 2 amide bonds. The second kappa shape index (κ2) is 14.0. The fourth-order valence-electron chi connectivity index (χ4n) is 6.65. The number of benzene rings is 1. The lowest BCUT2D eigenvalue weighted by atomic mass is 9.94. The average Bonchev–Trinajstić information content (AvgIpc) is 3.84. The van der Waals surface area contributed by atoms with Gasteiger partial charge >= 0.3 is 12.1 Å². The van der Waals surface area contributed by atoms with Crippen molar-refractivity contribution in [1.29, 1.82) is 0 Å². The van der Waals surface area contributed by atoms with E-state index in [0.29, 0.717) is 49.6 Å². The number of aromatic nitrogens is 4. The molecule has 1 N–H and O–H groups in total. The molecule has 1 aromatic carbocycles. The number of alkyl carbamates (subject to hydrolysis) is 1. The molecule has 0 aliphatic carbocycles. The summed E-state index contributed by atoms with van der Waals surface area (Å²) >= 11 is 0. The maximum atomic E-state index is 14.9. The number of rotatable bonds is 8. The van der Waals surface area contributed by atoms with Crippen molar-refractivity contribution in [1.82, 2.24) is 30.3 Å². The SMILES string of the molecule is CCN(C(=O)c1cnc(N2CC(NC(=O)OC(C)(C)C)C(c3cc(F)ccc3F)C2)nc1)C1CCN(c2nc(C3CCCO3)no2)CC1. The molecule has 3 aliphatic rings. The Morgan fingerprint density at radius 1 is 1.08 bits per heavy atom. The first-order valence-corrected chi connectivity index (χ1v) is 16.5. The Bertz CT molecular complexity index is 1590. The Morgan fingerprint density at radius 2 is 1.83 bits per heavy atom. The molecule has 6 rings (SSSR count). The lowest BCUT2D eigenvalue weighted by Gasteiger charge is -2.37. The van der Waals surface area contributed by atoms with Crippen LogP contribution in [0.2, 0.25) is 0 Å². The van der Waals surface area contributed by atoms with E-state index < -0.39 is 35.3 Å². The fourth-order valence-corrected chi connectivity index (χ4v) is 6.65. The van der Waals surface area contributed by atoms with Crippen molar-refractivity contribution < 1.29 is 32.4 Å². The summed E-state index contributed by atoms with van der Waals surface area (Å²) < 4.78 is 45.7. The van der Waals surface area contributed by atoms with Gasteiger partial charge in [0.1, 0.15) is 23.3 Å². The van der Waals surface area contributed by atoms with Gasteiger partial charge < -0.3 is 34.0 Å². The molecule has 258 valence electrons. The second-order valence-electron chi connectivity index (χ2n) is 13.4. The highest BCUT2D eigenvalue weighted by Crippen LogP contribution is 2.33. The van der Waals surface area contributed by atoms with Gasteiger partial charge in [-0.2, -0.15) is 4.98 Å². The third kappa shape index (κ3) is 7.50. The van der Waals surface area contributed by atoms with Crippen molar-refractivity contribution >= 4 is 24.0 Å². The van der Waals surface area contributed by atoms with Gasteiger partial charge in [-0.25, -0.2) is 23.5 Å². The molecule has 0 bridgehead atoms. The summed E-state index contributed by atoms with van der Waals surface area (Å²) in [6.45, 7) is 10.2. The van der Waals surface area contributed by atoms with Gasteiger partial charge in [0, 0.05) is 63.7 Å². The predicted molar refractivity (Wildman–Crippen MR) is 171 cm³/mol. The topological polar surface area (TPSA) is 139 Å². The lowest BCUT2D eigenvalue weighted by Crippen LogP contribution is -2.47. The number of anilines is 2. The second-order valence-corrected chi connectivity index (χ2v) is 13.4. The van der Waals surface area contributed by atoms with Crippen molar-refractivity contribution in [2.45, 2.75) is 83.1 Å². The molecule has 3 fully saturated rings. The summed E-state index contributed by atoms with van der Waals surface area (Å²) in [4.78, 5) is 45.5. The number of ether oxygens (including phenoxy) is 2. The fraction of sp³-hybridized carbons (Fsp3) is 0.576. The molecule has 3 saturated heterocycles. The van der Waals surface area contributed by atoms with Crippen LogP contribution in [0.3, 0.4) is 0 Å². The quantitative estimate of drug-likeness (QED) is 0.360. The van der Waals surface area contributed by atoms with Crippen molar-refractivity contribution in [2.75, 3.05) is 49.1 Å². The van der Waals surface area contributed by atoms with E-state index in [4.69, 9.17) is 14.0 Å². The van der Waals surface area contributed by atoms with Crippen molar-refractivity contribution in [3.8, 4) is 0 Å². The molecule has 15 heteroatoms. The van der Waals surface area contributed by atoms with Crippen molar-refractivity contribution in [2.24, 2.45) is 0 Å². The van der Waals surface area contributed by atoms with E-state index in [9.17, 15) is 18.4 Å². The molecule has 0 saturated carbocycles. The highest BCUT2D eigenvalue weighted by atomic mass is 19.1. The maximum absolute atomic E-state index is 14.9. The van der Waals surface area contributed by atoms with Gasteiger partial charge in [-0.3, -0.25) is 4.79 Å². The number of hydrogen-bond donors (Lipinski definition) is 1. The summed E-state index contributed by atoms with van der Waals surface area (Å²) in [6.07, 6.45) is 5.53. The van der Waals surface area contributed by atoms with E-state index in [-0.39, 0.29) is 36.7 Å². The van der Waals surface area contributed by atoms with Crippen molar-refractivity contribution in [3.63, 3.8) is 0 Å².